The molecule has 0 aliphatic rings. The van der Waals surface area contributed by atoms with E-state index >= 15 is 0 Å². The average Bonchev–Trinajstić information content (AvgIpc) is 2.02. The molecular weight excluding hydrogens is 224 g/mol. The molecule has 1 rings (SSSR count). The molecule has 0 nitrogen and oxygen atoms in total. The van der Waals surface area contributed by atoms with Crippen LogP contribution in [0.1, 0.15) is 35.1 Å². The Morgan fingerprint density at radius 2 is 1.62 bits per heavy atom. The van der Waals surface area contributed by atoms with Crippen LogP contribution in [0.3, 0.4) is 0 Å². The predicted octanol–water partition coefficient (Wildman–Crippen LogP) is 4.11. The molecule has 72 valence electrons. The first-order chi connectivity index (χ1) is 6.06. The Hall–Kier alpha value is -0.300. The number of rotatable bonds is 2. The molecule has 0 aliphatic heterocycles. The lowest BCUT2D eigenvalue weighted by Crippen LogP contribution is -2.01. The summed E-state index contributed by atoms with van der Waals surface area (Å²) in [5, 5.41) is 1.04. The highest BCUT2D eigenvalue weighted by Crippen LogP contribution is 2.25. The van der Waals surface area contributed by atoms with Crippen molar-refractivity contribution in [3.63, 3.8) is 0 Å². The van der Waals surface area contributed by atoms with Crippen molar-refractivity contribution in [2.45, 2.75) is 33.6 Å². The van der Waals surface area contributed by atoms with Crippen molar-refractivity contribution in [3.05, 3.63) is 34.4 Å². The molecule has 1 aromatic rings. The third kappa shape index (κ3) is 2.34. The lowest BCUT2D eigenvalue weighted by atomic mass is 9.92. The second kappa shape index (κ2) is 4.28. The minimum Gasteiger partial charge on any atom is -0.0922 e. The molecule has 1 unspecified atom stereocenters. The summed E-state index contributed by atoms with van der Waals surface area (Å²) in [6.07, 6.45) is 0. The number of alkyl halides is 1. The average molecular weight is 241 g/mol. The number of aryl methyl sites for hydroxylation is 3. The van der Waals surface area contributed by atoms with Crippen LogP contribution >= 0.6 is 15.9 Å². The molecule has 0 aliphatic carbocycles. The summed E-state index contributed by atoms with van der Waals surface area (Å²) in [5.74, 6) is 0.612. The molecule has 0 N–H and O–H groups in total. The second-order valence-corrected chi connectivity index (χ2v) is 4.52. The van der Waals surface area contributed by atoms with Crippen molar-refractivity contribution in [2.24, 2.45) is 0 Å². The summed E-state index contributed by atoms with van der Waals surface area (Å²) in [6.45, 7) is 8.82. The van der Waals surface area contributed by atoms with Gasteiger partial charge >= 0.3 is 0 Å². The van der Waals surface area contributed by atoms with Gasteiger partial charge in [-0.25, -0.2) is 0 Å². The van der Waals surface area contributed by atoms with E-state index in [2.05, 4.69) is 55.8 Å². The quantitative estimate of drug-likeness (QED) is 0.683. The standard InChI is InChI=1S/C12H17Br/c1-8-5-9(2)12(10(3)6-8)11(4)7-13/h5-6,11H,7H2,1-4H3. The molecule has 1 heteroatoms. The minimum absolute atomic E-state index is 0.612. The van der Waals surface area contributed by atoms with Crippen LogP contribution in [-0.4, -0.2) is 5.33 Å². The molecule has 1 aromatic carbocycles. The molecule has 0 bridgehead atoms. The number of benzene rings is 1. The lowest BCUT2D eigenvalue weighted by molar-refractivity contribution is 0.864. The third-order valence-electron chi connectivity index (χ3n) is 2.46. The Bertz CT molecular complexity index is 279. The summed E-state index contributed by atoms with van der Waals surface area (Å²) in [4.78, 5) is 0. The van der Waals surface area contributed by atoms with Crippen molar-refractivity contribution in [1.82, 2.24) is 0 Å². The summed E-state index contributed by atoms with van der Waals surface area (Å²) in [6, 6.07) is 4.53. The molecule has 0 spiro atoms. The van der Waals surface area contributed by atoms with Gasteiger partial charge in [0, 0.05) is 5.33 Å². The Morgan fingerprint density at radius 1 is 1.15 bits per heavy atom. The summed E-state index contributed by atoms with van der Waals surface area (Å²) >= 11 is 3.54. The zero-order chi connectivity index (χ0) is 10.0. The Morgan fingerprint density at radius 3 is 2.00 bits per heavy atom. The lowest BCUT2D eigenvalue weighted by Gasteiger charge is -2.16. The summed E-state index contributed by atoms with van der Waals surface area (Å²) < 4.78 is 0. The zero-order valence-electron chi connectivity index (χ0n) is 8.82. The van der Waals surface area contributed by atoms with E-state index in [0.29, 0.717) is 5.92 Å². The fourth-order valence-corrected chi connectivity index (χ4v) is 2.37. The van der Waals surface area contributed by atoms with Gasteiger partial charge in [-0.05, 0) is 43.4 Å². The van der Waals surface area contributed by atoms with Gasteiger partial charge in [-0.3, -0.25) is 0 Å². The smallest absolute Gasteiger partial charge is 0.00977 e. The second-order valence-electron chi connectivity index (χ2n) is 3.87. The van der Waals surface area contributed by atoms with E-state index in [-0.39, 0.29) is 0 Å². The van der Waals surface area contributed by atoms with Gasteiger partial charge < -0.3 is 0 Å². The van der Waals surface area contributed by atoms with E-state index in [4.69, 9.17) is 0 Å². The molecule has 0 aromatic heterocycles. The zero-order valence-corrected chi connectivity index (χ0v) is 10.4. The maximum Gasteiger partial charge on any atom is 0.00977 e. The Kier molecular flexibility index (Phi) is 3.55. The van der Waals surface area contributed by atoms with Gasteiger partial charge in [0.25, 0.3) is 0 Å². The molecule has 0 heterocycles. The SMILES string of the molecule is Cc1cc(C)c(C(C)CBr)c(C)c1. The first-order valence-corrected chi connectivity index (χ1v) is 5.82. The van der Waals surface area contributed by atoms with Gasteiger partial charge in [0.2, 0.25) is 0 Å². The normalized spacial score (nSPS) is 13.0. The molecule has 0 saturated heterocycles. The van der Waals surface area contributed by atoms with Crippen molar-refractivity contribution in [3.8, 4) is 0 Å². The van der Waals surface area contributed by atoms with E-state index < -0.39 is 0 Å². The molecule has 13 heavy (non-hydrogen) atoms. The molecule has 0 amide bonds. The summed E-state index contributed by atoms with van der Waals surface area (Å²) in [5.41, 5.74) is 5.71. The van der Waals surface area contributed by atoms with Gasteiger partial charge in [0.1, 0.15) is 0 Å². The highest BCUT2D eigenvalue weighted by molar-refractivity contribution is 9.09. The van der Waals surface area contributed by atoms with Gasteiger partial charge in [-0.1, -0.05) is 40.5 Å². The van der Waals surface area contributed by atoms with Crippen molar-refractivity contribution >= 4 is 15.9 Å². The van der Waals surface area contributed by atoms with E-state index in [1.54, 1.807) is 0 Å². The first kappa shape index (κ1) is 10.8. The maximum absolute atomic E-state index is 3.54. The van der Waals surface area contributed by atoms with E-state index in [9.17, 15) is 0 Å². The Labute approximate surface area is 89.5 Å². The molecule has 0 radical (unpaired) electrons. The van der Waals surface area contributed by atoms with Crippen LogP contribution in [0.15, 0.2) is 12.1 Å². The molecule has 0 saturated carbocycles. The van der Waals surface area contributed by atoms with Crippen LogP contribution < -0.4 is 0 Å². The van der Waals surface area contributed by atoms with Crippen LogP contribution in [0.2, 0.25) is 0 Å². The number of halogens is 1. The topological polar surface area (TPSA) is 0 Å². The van der Waals surface area contributed by atoms with Crippen LogP contribution in [0.25, 0.3) is 0 Å². The van der Waals surface area contributed by atoms with Crippen LogP contribution in [0, 0.1) is 20.8 Å². The molecule has 1 atom stereocenters. The summed E-state index contributed by atoms with van der Waals surface area (Å²) in [7, 11) is 0. The number of hydrogen-bond acceptors (Lipinski definition) is 0. The first-order valence-electron chi connectivity index (χ1n) is 4.70. The van der Waals surface area contributed by atoms with Gasteiger partial charge in [-0.15, -0.1) is 0 Å². The van der Waals surface area contributed by atoms with Gasteiger partial charge in [0.05, 0.1) is 0 Å². The highest BCUT2D eigenvalue weighted by atomic mass is 79.9. The van der Waals surface area contributed by atoms with Crippen LogP contribution in [-0.2, 0) is 0 Å². The fraction of sp³-hybridized carbons (Fsp3) is 0.500. The fourth-order valence-electron chi connectivity index (χ4n) is 2.05. The minimum atomic E-state index is 0.612. The van der Waals surface area contributed by atoms with Gasteiger partial charge in [-0.2, -0.15) is 0 Å². The number of hydrogen-bond donors (Lipinski definition) is 0. The van der Waals surface area contributed by atoms with E-state index in [1.807, 2.05) is 0 Å². The van der Waals surface area contributed by atoms with Crippen LogP contribution in [0.5, 0.6) is 0 Å². The molecular formula is C12H17Br. The van der Waals surface area contributed by atoms with E-state index in [1.165, 1.54) is 22.3 Å². The highest BCUT2D eigenvalue weighted by Gasteiger charge is 2.10. The molecule has 0 fully saturated rings. The van der Waals surface area contributed by atoms with Gasteiger partial charge in [0.15, 0.2) is 0 Å². The van der Waals surface area contributed by atoms with Crippen LogP contribution in [0.4, 0.5) is 0 Å². The van der Waals surface area contributed by atoms with Crippen molar-refractivity contribution in [2.75, 3.05) is 5.33 Å². The predicted molar refractivity (Wildman–Crippen MR) is 62.9 cm³/mol. The third-order valence-corrected chi connectivity index (χ3v) is 3.43. The van der Waals surface area contributed by atoms with Crippen molar-refractivity contribution < 1.29 is 0 Å². The van der Waals surface area contributed by atoms with Crippen molar-refractivity contribution in [1.29, 1.82) is 0 Å². The monoisotopic (exact) mass is 240 g/mol. The Balaban J connectivity index is 3.20. The van der Waals surface area contributed by atoms with E-state index in [0.717, 1.165) is 5.33 Å². The largest absolute Gasteiger partial charge is 0.0922 e. The maximum atomic E-state index is 3.54.